The van der Waals surface area contributed by atoms with Crippen molar-refractivity contribution in [1.82, 2.24) is 19.5 Å². The van der Waals surface area contributed by atoms with Crippen molar-refractivity contribution in [2.24, 2.45) is 0 Å². The third-order valence-electron chi connectivity index (χ3n) is 9.88. The monoisotopic (exact) mass is 654 g/mol. The number of furan rings is 2. The molecule has 11 rings (SSSR count). The fourth-order valence-corrected chi connectivity index (χ4v) is 7.65. The molecule has 7 aromatic carbocycles. The molecule has 0 fully saturated rings. The number of aromatic nitrogens is 4. The average Bonchev–Trinajstić information content (AvgIpc) is 3.88. The van der Waals surface area contributed by atoms with Gasteiger partial charge in [0.05, 0.1) is 5.52 Å². The molecular weight excluding hydrogens is 629 g/mol. The predicted octanol–water partition coefficient (Wildman–Crippen LogP) is 11.8. The summed E-state index contributed by atoms with van der Waals surface area (Å²) in [7, 11) is 0. The Labute approximate surface area is 290 Å². The summed E-state index contributed by atoms with van der Waals surface area (Å²) in [6.07, 6.45) is 0. The summed E-state index contributed by atoms with van der Waals surface area (Å²) >= 11 is 0. The molecule has 0 bridgehead atoms. The Hall–Kier alpha value is -7.05. The Morgan fingerprint density at radius 2 is 1.00 bits per heavy atom. The van der Waals surface area contributed by atoms with E-state index in [1.54, 1.807) is 0 Å². The maximum atomic E-state index is 6.63. The molecule has 4 heterocycles. The van der Waals surface area contributed by atoms with Crippen LogP contribution in [0, 0.1) is 0 Å². The van der Waals surface area contributed by atoms with Gasteiger partial charge in [-0.15, -0.1) is 0 Å². The normalized spacial score (nSPS) is 11.9. The van der Waals surface area contributed by atoms with Crippen LogP contribution >= 0.6 is 0 Å². The number of rotatable bonds is 4. The maximum absolute atomic E-state index is 6.63. The summed E-state index contributed by atoms with van der Waals surface area (Å²) in [5.41, 5.74) is 9.08. The molecule has 6 heteroatoms. The number of hydrogen-bond acceptors (Lipinski definition) is 5. The molecule has 0 N–H and O–H groups in total. The van der Waals surface area contributed by atoms with Crippen LogP contribution in [-0.2, 0) is 0 Å². The fraction of sp³-hybridized carbons (Fsp3) is 0. The second-order valence-corrected chi connectivity index (χ2v) is 12.8. The lowest BCUT2D eigenvalue weighted by Gasteiger charge is -2.12. The molecule has 0 saturated heterocycles. The summed E-state index contributed by atoms with van der Waals surface area (Å²) in [6, 6.07) is 53.7. The molecule has 6 nitrogen and oxygen atoms in total. The molecular formula is C45H26N4O2. The van der Waals surface area contributed by atoms with E-state index in [0.717, 1.165) is 87.9 Å². The van der Waals surface area contributed by atoms with E-state index in [0.29, 0.717) is 17.6 Å². The first-order chi connectivity index (χ1) is 25.3. The SMILES string of the molecule is c1ccc(-c2nc(-c3cccc4oc5cccc(-c6ccccc6)c5c34)nc(-n3c4ccccc4c4ccc5c6ccccc6oc5c43)n2)cc1. The van der Waals surface area contributed by atoms with Crippen LogP contribution < -0.4 is 0 Å². The smallest absolute Gasteiger partial charge is 0.238 e. The largest absolute Gasteiger partial charge is 0.456 e. The van der Waals surface area contributed by atoms with Gasteiger partial charge in [0.25, 0.3) is 0 Å². The lowest BCUT2D eigenvalue weighted by molar-refractivity contribution is 0.669. The molecule has 0 aliphatic heterocycles. The third-order valence-corrected chi connectivity index (χ3v) is 9.88. The van der Waals surface area contributed by atoms with Crippen LogP contribution in [0.25, 0.3) is 106 Å². The van der Waals surface area contributed by atoms with Crippen LogP contribution in [0.1, 0.15) is 0 Å². The minimum absolute atomic E-state index is 0.506. The zero-order chi connectivity index (χ0) is 33.5. The minimum Gasteiger partial charge on any atom is -0.456 e. The zero-order valence-corrected chi connectivity index (χ0v) is 27.1. The Morgan fingerprint density at radius 3 is 1.80 bits per heavy atom. The first-order valence-electron chi connectivity index (χ1n) is 17.0. The third kappa shape index (κ3) is 4.14. The standard InChI is InChI=1S/C45H26N4O2/c1-3-13-27(14-4-1)29-19-11-23-37-39(29)40-34(20-12-24-38(40)50-37)44-46-43(28-15-5-2-6-16-28)47-45(48-44)49-35-21-9-7-17-30(35)32-25-26-33-31-18-8-10-22-36(31)51-42(33)41(32)49/h1-26H. The van der Waals surface area contributed by atoms with E-state index in [4.69, 9.17) is 23.8 Å². The summed E-state index contributed by atoms with van der Waals surface area (Å²) in [5.74, 6) is 1.63. The van der Waals surface area contributed by atoms with Crippen molar-refractivity contribution in [2.45, 2.75) is 0 Å². The topological polar surface area (TPSA) is 69.9 Å². The lowest BCUT2D eigenvalue weighted by atomic mass is 9.97. The van der Waals surface area contributed by atoms with Gasteiger partial charge < -0.3 is 8.83 Å². The first kappa shape index (κ1) is 27.9. The number of hydrogen-bond donors (Lipinski definition) is 0. The molecule has 0 amide bonds. The maximum Gasteiger partial charge on any atom is 0.238 e. The van der Waals surface area contributed by atoms with Gasteiger partial charge in [0, 0.05) is 43.4 Å². The van der Waals surface area contributed by atoms with E-state index in [1.165, 1.54) is 0 Å². The van der Waals surface area contributed by atoms with Crippen LogP contribution in [0.3, 0.4) is 0 Å². The van der Waals surface area contributed by atoms with Gasteiger partial charge in [-0.05, 0) is 41.5 Å². The van der Waals surface area contributed by atoms with Gasteiger partial charge in [0.1, 0.15) is 22.3 Å². The molecule has 51 heavy (non-hydrogen) atoms. The van der Waals surface area contributed by atoms with Crippen LogP contribution in [0.2, 0.25) is 0 Å². The van der Waals surface area contributed by atoms with E-state index >= 15 is 0 Å². The molecule has 0 saturated carbocycles. The highest BCUT2D eigenvalue weighted by Gasteiger charge is 2.23. The van der Waals surface area contributed by atoms with Crippen LogP contribution in [-0.4, -0.2) is 19.5 Å². The molecule has 11 aromatic rings. The Bertz CT molecular complexity index is 3140. The van der Waals surface area contributed by atoms with Gasteiger partial charge in [-0.3, -0.25) is 4.57 Å². The summed E-state index contributed by atoms with van der Waals surface area (Å²) in [6.45, 7) is 0. The van der Waals surface area contributed by atoms with Crippen molar-refractivity contribution in [1.29, 1.82) is 0 Å². The average molecular weight is 655 g/mol. The number of fused-ring (bicyclic) bond motifs is 10. The van der Waals surface area contributed by atoms with Crippen LogP contribution in [0.5, 0.6) is 0 Å². The molecule has 0 atom stereocenters. The van der Waals surface area contributed by atoms with Crippen molar-refractivity contribution in [2.75, 3.05) is 0 Å². The molecule has 0 spiro atoms. The predicted molar refractivity (Wildman–Crippen MR) is 205 cm³/mol. The molecule has 0 unspecified atom stereocenters. The van der Waals surface area contributed by atoms with E-state index in [9.17, 15) is 0 Å². The Kier molecular flexibility index (Phi) is 5.86. The van der Waals surface area contributed by atoms with Crippen LogP contribution in [0.15, 0.2) is 167 Å². The highest BCUT2D eigenvalue weighted by Crippen LogP contribution is 2.43. The van der Waals surface area contributed by atoms with Gasteiger partial charge in [-0.25, -0.2) is 4.98 Å². The summed E-state index contributed by atoms with van der Waals surface area (Å²) < 4.78 is 15.3. The quantitative estimate of drug-likeness (QED) is 0.189. The highest BCUT2D eigenvalue weighted by atomic mass is 16.3. The van der Waals surface area contributed by atoms with E-state index in [2.05, 4.69) is 83.4 Å². The van der Waals surface area contributed by atoms with Gasteiger partial charge >= 0.3 is 0 Å². The molecule has 4 aromatic heterocycles. The number of para-hydroxylation sites is 2. The highest BCUT2D eigenvalue weighted by molar-refractivity contribution is 6.21. The second-order valence-electron chi connectivity index (χ2n) is 12.8. The summed E-state index contributed by atoms with van der Waals surface area (Å²) in [4.78, 5) is 15.7. The van der Waals surface area contributed by atoms with E-state index in [1.807, 2.05) is 78.9 Å². The van der Waals surface area contributed by atoms with Crippen molar-refractivity contribution in [3.8, 4) is 39.9 Å². The van der Waals surface area contributed by atoms with Crippen molar-refractivity contribution in [3.63, 3.8) is 0 Å². The first-order valence-corrected chi connectivity index (χ1v) is 17.0. The lowest BCUT2D eigenvalue weighted by Crippen LogP contribution is -2.06. The van der Waals surface area contributed by atoms with Gasteiger partial charge in [0.2, 0.25) is 5.95 Å². The summed E-state index contributed by atoms with van der Waals surface area (Å²) in [5, 5.41) is 6.26. The van der Waals surface area contributed by atoms with Crippen molar-refractivity contribution < 1.29 is 8.83 Å². The molecule has 238 valence electrons. The fourth-order valence-electron chi connectivity index (χ4n) is 7.65. The zero-order valence-electron chi connectivity index (χ0n) is 27.1. The molecule has 0 radical (unpaired) electrons. The Morgan fingerprint density at radius 1 is 0.392 bits per heavy atom. The number of nitrogens with zero attached hydrogens (tertiary/aromatic N) is 4. The van der Waals surface area contributed by atoms with Crippen molar-refractivity contribution in [3.05, 3.63) is 158 Å². The minimum atomic E-state index is 0.506. The molecule has 0 aliphatic rings. The van der Waals surface area contributed by atoms with Gasteiger partial charge in [0.15, 0.2) is 17.2 Å². The van der Waals surface area contributed by atoms with E-state index < -0.39 is 0 Å². The molecule has 0 aliphatic carbocycles. The number of benzene rings is 7. The van der Waals surface area contributed by atoms with Gasteiger partial charge in [-0.1, -0.05) is 127 Å². The Balaban J connectivity index is 1.26. The van der Waals surface area contributed by atoms with E-state index in [-0.39, 0.29) is 0 Å². The van der Waals surface area contributed by atoms with Crippen molar-refractivity contribution >= 4 is 65.7 Å². The second kappa shape index (κ2) is 10.7. The van der Waals surface area contributed by atoms with Crippen LogP contribution in [0.4, 0.5) is 0 Å². The van der Waals surface area contributed by atoms with Gasteiger partial charge in [-0.2, -0.15) is 9.97 Å².